The van der Waals surface area contributed by atoms with Gasteiger partial charge in [0, 0.05) is 28.1 Å². The van der Waals surface area contributed by atoms with Crippen LogP contribution in [-0.4, -0.2) is 11.7 Å². The summed E-state index contributed by atoms with van der Waals surface area (Å²) in [4.78, 5) is 0. The maximum atomic E-state index is 10.8. The van der Waals surface area contributed by atoms with Crippen LogP contribution in [0.2, 0.25) is 0 Å². The second-order valence-electron chi connectivity index (χ2n) is 5.15. The SMILES string of the molecule is OC(c1cccc2c1NCC2)c1cccc2ccsc12. The summed E-state index contributed by atoms with van der Waals surface area (Å²) in [6.45, 7) is 0.961. The van der Waals surface area contributed by atoms with Crippen LogP contribution in [0.25, 0.3) is 10.1 Å². The number of aliphatic hydroxyl groups is 1. The highest BCUT2D eigenvalue weighted by Gasteiger charge is 2.21. The Hall–Kier alpha value is -1.84. The number of thiophene rings is 1. The predicted octanol–water partition coefficient (Wildman–Crippen LogP) is 3.95. The number of aliphatic hydroxyl groups excluding tert-OH is 1. The molecule has 2 aromatic carbocycles. The molecule has 20 heavy (non-hydrogen) atoms. The van der Waals surface area contributed by atoms with Crippen molar-refractivity contribution in [3.05, 3.63) is 64.5 Å². The first-order chi connectivity index (χ1) is 9.84. The van der Waals surface area contributed by atoms with E-state index in [0.717, 1.165) is 29.8 Å². The minimum atomic E-state index is -0.571. The standard InChI is InChI=1S/C17H15NOS/c19-16(13-5-1-3-11-7-9-18-15(11)13)14-6-2-4-12-8-10-20-17(12)14/h1-6,8,10,16,18-19H,7,9H2. The Morgan fingerprint density at radius 1 is 1.05 bits per heavy atom. The number of anilines is 1. The van der Waals surface area contributed by atoms with Gasteiger partial charge in [-0.3, -0.25) is 0 Å². The van der Waals surface area contributed by atoms with Crippen molar-refractivity contribution in [3.63, 3.8) is 0 Å². The van der Waals surface area contributed by atoms with Gasteiger partial charge in [-0.15, -0.1) is 11.3 Å². The Morgan fingerprint density at radius 2 is 1.90 bits per heavy atom. The molecule has 0 aliphatic carbocycles. The third-order valence-electron chi connectivity index (χ3n) is 3.98. The number of hydrogen-bond acceptors (Lipinski definition) is 3. The summed E-state index contributed by atoms with van der Waals surface area (Å²) in [7, 11) is 0. The molecule has 3 heteroatoms. The van der Waals surface area contributed by atoms with E-state index in [1.165, 1.54) is 15.6 Å². The van der Waals surface area contributed by atoms with Crippen LogP contribution < -0.4 is 5.32 Å². The summed E-state index contributed by atoms with van der Waals surface area (Å²) in [6, 6.07) is 14.4. The van der Waals surface area contributed by atoms with Gasteiger partial charge in [0.2, 0.25) is 0 Å². The van der Waals surface area contributed by atoms with Crippen molar-refractivity contribution in [2.45, 2.75) is 12.5 Å². The lowest BCUT2D eigenvalue weighted by Gasteiger charge is -2.16. The van der Waals surface area contributed by atoms with Gasteiger partial charge in [0.15, 0.2) is 0 Å². The molecule has 2 heterocycles. The fraction of sp³-hybridized carbons (Fsp3) is 0.176. The molecule has 1 atom stereocenters. The van der Waals surface area contributed by atoms with E-state index in [-0.39, 0.29) is 0 Å². The van der Waals surface area contributed by atoms with Gasteiger partial charge in [0.1, 0.15) is 6.10 Å². The normalized spacial score (nSPS) is 15.1. The summed E-state index contributed by atoms with van der Waals surface area (Å²) in [5.74, 6) is 0. The Labute approximate surface area is 121 Å². The number of nitrogens with one attached hydrogen (secondary N) is 1. The Balaban J connectivity index is 1.87. The highest BCUT2D eigenvalue weighted by Crippen LogP contribution is 2.37. The molecule has 0 fully saturated rings. The second-order valence-corrected chi connectivity index (χ2v) is 6.06. The maximum absolute atomic E-state index is 10.8. The molecule has 2 nitrogen and oxygen atoms in total. The van der Waals surface area contributed by atoms with Gasteiger partial charge in [-0.2, -0.15) is 0 Å². The molecule has 1 aliphatic heterocycles. The Kier molecular flexibility index (Phi) is 2.76. The second kappa shape index (κ2) is 4.62. The van der Waals surface area contributed by atoms with Crippen LogP contribution in [0.1, 0.15) is 22.8 Å². The van der Waals surface area contributed by atoms with Gasteiger partial charge in [-0.1, -0.05) is 36.4 Å². The van der Waals surface area contributed by atoms with Gasteiger partial charge >= 0.3 is 0 Å². The average Bonchev–Trinajstić information content (AvgIpc) is 3.13. The molecule has 1 unspecified atom stereocenters. The molecule has 0 amide bonds. The molecule has 0 saturated carbocycles. The zero-order valence-corrected chi connectivity index (χ0v) is 11.8. The van der Waals surface area contributed by atoms with E-state index in [1.54, 1.807) is 11.3 Å². The first-order valence-corrected chi connectivity index (χ1v) is 7.72. The van der Waals surface area contributed by atoms with Crippen molar-refractivity contribution < 1.29 is 5.11 Å². The summed E-state index contributed by atoms with van der Waals surface area (Å²) in [5, 5.41) is 17.5. The molecule has 1 aliphatic rings. The molecule has 0 radical (unpaired) electrons. The number of hydrogen-bond donors (Lipinski definition) is 2. The van der Waals surface area contributed by atoms with Crippen molar-refractivity contribution in [3.8, 4) is 0 Å². The van der Waals surface area contributed by atoms with E-state index in [4.69, 9.17) is 0 Å². The van der Waals surface area contributed by atoms with Crippen LogP contribution in [0.4, 0.5) is 5.69 Å². The molecular weight excluding hydrogens is 266 g/mol. The molecule has 0 saturated heterocycles. The van der Waals surface area contributed by atoms with E-state index in [9.17, 15) is 5.11 Å². The lowest BCUT2D eigenvalue weighted by molar-refractivity contribution is 0.223. The molecule has 3 aromatic rings. The zero-order chi connectivity index (χ0) is 13.5. The zero-order valence-electron chi connectivity index (χ0n) is 11.0. The number of para-hydroxylation sites is 1. The fourth-order valence-corrected chi connectivity index (χ4v) is 3.93. The number of rotatable bonds is 2. The molecule has 1 aromatic heterocycles. The van der Waals surface area contributed by atoms with Crippen molar-refractivity contribution in [2.75, 3.05) is 11.9 Å². The minimum Gasteiger partial charge on any atom is -0.384 e. The van der Waals surface area contributed by atoms with Gasteiger partial charge in [0.05, 0.1) is 0 Å². The van der Waals surface area contributed by atoms with Gasteiger partial charge < -0.3 is 10.4 Å². The molecule has 2 N–H and O–H groups in total. The molecule has 4 rings (SSSR count). The van der Waals surface area contributed by atoms with E-state index in [1.807, 2.05) is 24.3 Å². The fourth-order valence-electron chi connectivity index (χ4n) is 2.99. The highest BCUT2D eigenvalue weighted by molar-refractivity contribution is 7.17. The van der Waals surface area contributed by atoms with Gasteiger partial charge in [-0.05, 0) is 28.8 Å². The van der Waals surface area contributed by atoms with E-state index in [2.05, 4.69) is 28.9 Å². The van der Waals surface area contributed by atoms with Crippen molar-refractivity contribution in [1.82, 2.24) is 0 Å². The minimum absolute atomic E-state index is 0.571. The van der Waals surface area contributed by atoms with Crippen LogP contribution in [0.15, 0.2) is 47.8 Å². The van der Waals surface area contributed by atoms with E-state index >= 15 is 0 Å². The largest absolute Gasteiger partial charge is 0.384 e. The van der Waals surface area contributed by atoms with Crippen LogP contribution in [0.5, 0.6) is 0 Å². The number of benzene rings is 2. The molecule has 0 bridgehead atoms. The molecular formula is C17H15NOS. The summed E-state index contributed by atoms with van der Waals surface area (Å²) >= 11 is 1.69. The highest BCUT2D eigenvalue weighted by atomic mass is 32.1. The van der Waals surface area contributed by atoms with Crippen molar-refractivity contribution in [1.29, 1.82) is 0 Å². The third-order valence-corrected chi connectivity index (χ3v) is 4.96. The van der Waals surface area contributed by atoms with Crippen LogP contribution >= 0.6 is 11.3 Å². The van der Waals surface area contributed by atoms with E-state index < -0.39 is 6.10 Å². The topological polar surface area (TPSA) is 32.3 Å². The summed E-state index contributed by atoms with van der Waals surface area (Å²) < 4.78 is 1.18. The monoisotopic (exact) mass is 281 g/mol. The lowest BCUT2D eigenvalue weighted by atomic mass is 9.97. The Bertz CT molecular complexity index is 778. The smallest absolute Gasteiger partial charge is 0.107 e. The van der Waals surface area contributed by atoms with E-state index in [0.29, 0.717) is 0 Å². The van der Waals surface area contributed by atoms with Crippen LogP contribution in [0, 0.1) is 0 Å². The predicted molar refractivity (Wildman–Crippen MR) is 84.5 cm³/mol. The lowest BCUT2D eigenvalue weighted by Crippen LogP contribution is -2.04. The Morgan fingerprint density at radius 3 is 2.85 bits per heavy atom. The van der Waals surface area contributed by atoms with Crippen molar-refractivity contribution in [2.24, 2.45) is 0 Å². The molecule has 0 spiro atoms. The summed E-state index contributed by atoms with van der Waals surface area (Å²) in [5.41, 5.74) is 4.41. The van der Waals surface area contributed by atoms with Gasteiger partial charge in [0.25, 0.3) is 0 Å². The average molecular weight is 281 g/mol. The van der Waals surface area contributed by atoms with Crippen LogP contribution in [-0.2, 0) is 6.42 Å². The first kappa shape index (κ1) is 11.9. The van der Waals surface area contributed by atoms with Gasteiger partial charge in [-0.25, -0.2) is 0 Å². The summed E-state index contributed by atoms with van der Waals surface area (Å²) in [6.07, 6.45) is 0.469. The molecule has 100 valence electrons. The third kappa shape index (κ3) is 1.74. The maximum Gasteiger partial charge on any atom is 0.107 e. The first-order valence-electron chi connectivity index (χ1n) is 6.84. The van der Waals surface area contributed by atoms with Crippen LogP contribution in [0.3, 0.4) is 0 Å². The number of fused-ring (bicyclic) bond motifs is 2. The van der Waals surface area contributed by atoms with Crippen molar-refractivity contribution >= 4 is 27.1 Å². The quantitative estimate of drug-likeness (QED) is 0.745.